The number of rotatable bonds is 6. The van der Waals surface area contributed by atoms with Crippen molar-refractivity contribution in [3.8, 4) is 5.75 Å². The molecule has 2 aliphatic rings. The van der Waals surface area contributed by atoms with E-state index in [1.807, 2.05) is 0 Å². The van der Waals surface area contributed by atoms with E-state index in [4.69, 9.17) is 0 Å². The second kappa shape index (κ2) is 16.8. The number of carboxylic acid groups (broad SMARTS) is 1. The van der Waals surface area contributed by atoms with Crippen LogP contribution in [0.3, 0.4) is 0 Å². The Balaban J connectivity index is 2.10. The number of amides is 6. The van der Waals surface area contributed by atoms with Gasteiger partial charge >= 0.3 is 5.97 Å². The highest BCUT2D eigenvalue weighted by molar-refractivity contribution is 5.97. The summed E-state index contributed by atoms with van der Waals surface area (Å²) < 4.78 is 0. The minimum absolute atomic E-state index is 0.0145. The maximum Gasteiger partial charge on any atom is 0.305 e. The number of carbonyl (C=O) groups excluding carboxylic acids is 6. The van der Waals surface area contributed by atoms with Crippen LogP contribution in [0.5, 0.6) is 5.75 Å². The Kier molecular flexibility index (Phi) is 13.3. The Hall–Kier alpha value is -4.77. The summed E-state index contributed by atoms with van der Waals surface area (Å²) in [5.74, 6) is -6.25. The van der Waals surface area contributed by atoms with Crippen LogP contribution >= 0.6 is 0 Å². The lowest BCUT2D eigenvalue weighted by molar-refractivity contribution is -0.141. The van der Waals surface area contributed by atoms with Crippen LogP contribution < -0.4 is 31.9 Å². The smallest absolute Gasteiger partial charge is 0.305 e. The summed E-state index contributed by atoms with van der Waals surface area (Å²) in [6.45, 7) is 9.63. The molecule has 0 aromatic heterocycles. The number of nitrogens with one attached hydrogen (secondary N) is 6. The van der Waals surface area contributed by atoms with Gasteiger partial charge in [-0.1, -0.05) is 12.1 Å². The normalized spacial score (nSPS) is 28.4. The molecule has 2 saturated heterocycles. The number of hydrogen-bond acceptors (Lipinski definition) is 10. The van der Waals surface area contributed by atoms with Crippen molar-refractivity contribution in [3.63, 3.8) is 0 Å². The van der Waals surface area contributed by atoms with E-state index in [-0.39, 0.29) is 18.7 Å². The maximum absolute atomic E-state index is 14.0. The molecule has 17 heteroatoms. The number of carboxylic acids is 1. The van der Waals surface area contributed by atoms with Gasteiger partial charge in [0.25, 0.3) is 0 Å². The molecule has 2 aliphatic heterocycles. The van der Waals surface area contributed by atoms with E-state index in [9.17, 15) is 48.9 Å². The molecule has 0 bridgehead atoms. The summed E-state index contributed by atoms with van der Waals surface area (Å²) in [4.78, 5) is 94.7. The second-order valence-electron chi connectivity index (χ2n) is 13.9. The van der Waals surface area contributed by atoms with Gasteiger partial charge in [-0.05, 0) is 78.6 Å². The van der Waals surface area contributed by atoms with Crippen LogP contribution in [0.1, 0.15) is 66.4 Å². The highest BCUT2D eigenvalue weighted by atomic mass is 16.4. The van der Waals surface area contributed by atoms with Gasteiger partial charge < -0.3 is 47.2 Å². The standard InChI is InChI=1S/C33H49N7O10/c1-16-26(32(50)39-33(4,5)6)40-13-7-8-23(40)30(48)37-21(14-19-9-11-20(42)12-10-19)28(46)35-17(2)27(45)36-22(15-24(43)44)29(47)38-25(18(3)41)31(49)34-16/h9-12,16-18,21-23,25-26,41-42H,7-8,13-15H2,1-6H3,(H,34,49)(H,35,46)(H,36,45)(H,37,48)(H,38,47)(H,39,50)(H,43,44)/t16-,17+,18-,21-,22+,23+,25+,26+/m1/s1. The molecule has 1 aromatic rings. The highest BCUT2D eigenvalue weighted by Crippen LogP contribution is 2.24. The summed E-state index contributed by atoms with van der Waals surface area (Å²) in [5, 5.41) is 45.1. The molecule has 0 unspecified atom stereocenters. The van der Waals surface area contributed by atoms with E-state index < -0.39 is 102 Å². The van der Waals surface area contributed by atoms with Gasteiger partial charge in [0.05, 0.1) is 24.6 Å². The first-order valence-corrected chi connectivity index (χ1v) is 16.5. The SMILES string of the molecule is C[C@@H]1NC(=O)[C@@H](Cc2ccc(O)cc2)NC(=O)[C@@H]2CCCN2[C@H](C(=O)NC(C)(C)C)[C@@H](C)NC(=O)[C@H]([C@@H](C)O)NC(=O)[C@H](CC(=O)O)NC1=O. The number of phenolic OH excluding ortho intramolecular Hbond substituents is 1. The first kappa shape index (κ1) is 39.7. The van der Waals surface area contributed by atoms with Crippen molar-refractivity contribution in [3.05, 3.63) is 29.8 Å². The third-order valence-corrected chi connectivity index (χ3v) is 8.40. The van der Waals surface area contributed by atoms with Crippen LogP contribution in [0.2, 0.25) is 0 Å². The van der Waals surface area contributed by atoms with Gasteiger partial charge in [-0.25, -0.2) is 0 Å². The Morgan fingerprint density at radius 2 is 1.48 bits per heavy atom. The molecule has 6 amide bonds. The fraction of sp³-hybridized carbons (Fsp3) is 0.606. The molecule has 0 saturated carbocycles. The average molecular weight is 704 g/mol. The molecule has 0 aliphatic carbocycles. The molecule has 276 valence electrons. The number of aliphatic hydroxyl groups excluding tert-OH is 1. The van der Waals surface area contributed by atoms with E-state index in [1.165, 1.54) is 32.9 Å². The predicted octanol–water partition coefficient (Wildman–Crippen LogP) is -1.98. The molecule has 0 spiro atoms. The fourth-order valence-electron chi connectivity index (χ4n) is 5.97. The van der Waals surface area contributed by atoms with Gasteiger partial charge in [-0.15, -0.1) is 0 Å². The molecule has 3 rings (SSSR count). The molecule has 1 aromatic carbocycles. The van der Waals surface area contributed by atoms with E-state index in [0.717, 1.165) is 0 Å². The van der Waals surface area contributed by atoms with Crippen molar-refractivity contribution < 1.29 is 48.9 Å². The second-order valence-corrected chi connectivity index (χ2v) is 13.9. The molecule has 2 heterocycles. The molecule has 0 radical (unpaired) electrons. The largest absolute Gasteiger partial charge is 0.508 e. The van der Waals surface area contributed by atoms with E-state index >= 15 is 0 Å². The molecule has 9 N–H and O–H groups in total. The minimum atomic E-state index is -1.71. The summed E-state index contributed by atoms with van der Waals surface area (Å²) >= 11 is 0. The average Bonchev–Trinajstić information content (AvgIpc) is 3.47. The Bertz CT molecular complexity index is 1440. The maximum atomic E-state index is 14.0. The number of benzene rings is 1. The third kappa shape index (κ3) is 10.9. The van der Waals surface area contributed by atoms with Crippen molar-refractivity contribution in [2.24, 2.45) is 0 Å². The minimum Gasteiger partial charge on any atom is -0.508 e. The van der Waals surface area contributed by atoms with Crippen LogP contribution in [0.4, 0.5) is 0 Å². The van der Waals surface area contributed by atoms with Gasteiger partial charge in [0.2, 0.25) is 35.4 Å². The van der Waals surface area contributed by atoms with Gasteiger partial charge in [0, 0.05) is 12.0 Å². The number of aromatic hydroxyl groups is 1. The molecular weight excluding hydrogens is 654 g/mol. The number of phenols is 1. The van der Waals surface area contributed by atoms with Crippen LogP contribution in [0.25, 0.3) is 0 Å². The number of hydrogen-bond donors (Lipinski definition) is 9. The number of nitrogens with zero attached hydrogens (tertiary/aromatic N) is 1. The Labute approximate surface area is 290 Å². The Morgan fingerprint density at radius 3 is 2.06 bits per heavy atom. The lowest BCUT2D eigenvalue weighted by atomic mass is 10.0. The summed E-state index contributed by atoms with van der Waals surface area (Å²) in [6.07, 6.45) is -1.62. The molecular formula is C33H49N7O10. The van der Waals surface area contributed by atoms with Crippen LogP contribution in [0, 0.1) is 0 Å². The zero-order valence-electron chi connectivity index (χ0n) is 29.1. The van der Waals surface area contributed by atoms with E-state index in [0.29, 0.717) is 18.4 Å². The van der Waals surface area contributed by atoms with Crippen LogP contribution in [0.15, 0.2) is 24.3 Å². The van der Waals surface area contributed by atoms with Crippen molar-refractivity contribution >= 4 is 41.4 Å². The zero-order chi connectivity index (χ0) is 37.5. The first-order valence-electron chi connectivity index (χ1n) is 16.5. The lowest BCUT2D eigenvalue weighted by Crippen LogP contribution is -2.66. The number of aliphatic hydroxyl groups is 1. The van der Waals surface area contributed by atoms with Gasteiger partial charge in [0.15, 0.2) is 0 Å². The fourth-order valence-corrected chi connectivity index (χ4v) is 5.97. The first-order chi connectivity index (χ1) is 23.3. The number of aliphatic carboxylic acids is 1. The van der Waals surface area contributed by atoms with Gasteiger partial charge in [-0.3, -0.25) is 38.5 Å². The molecule has 17 nitrogen and oxygen atoms in total. The van der Waals surface area contributed by atoms with Crippen molar-refractivity contribution in [2.75, 3.05) is 6.54 Å². The predicted molar refractivity (Wildman–Crippen MR) is 178 cm³/mol. The van der Waals surface area contributed by atoms with Crippen molar-refractivity contribution in [2.45, 2.75) is 121 Å². The van der Waals surface area contributed by atoms with Crippen LogP contribution in [-0.2, 0) is 40.0 Å². The molecule has 8 atom stereocenters. The zero-order valence-corrected chi connectivity index (χ0v) is 29.1. The molecule has 2 fully saturated rings. The van der Waals surface area contributed by atoms with Crippen molar-refractivity contribution in [1.29, 1.82) is 0 Å². The quantitative estimate of drug-likeness (QED) is 0.157. The summed E-state index contributed by atoms with van der Waals surface area (Å²) in [5.41, 5.74) is -0.135. The van der Waals surface area contributed by atoms with Crippen LogP contribution in [-0.4, -0.2) is 122 Å². The lowest BCUT2D eigenvalue weighted by Gasteiger charge is -2.38. The Morgan fingerprint density at radius 1 is 0.880 bits per heavy atom. The van der Waals surface area contributed by atoms with E-state index in [1.54, 1.807) is 37.8 Å². The number of fused-ring (bicyclic) bond motifs is 1. The molecule has 50 heavy (non-hydrogen) atoms. The summed E-state index contributed by atoms with van der Waals surface area (Å²) in [6, 6.07) is -3.00. The van der Waals surface area contributed by atoms with Gasteiger partial charge in [-0.2, -0.15) is 0 Å². The van der Waals surface area contributed by atoms with E-state index in [2.05, 4.69) is 31.9 Å². The number of carbonyl (C=O) groups is 7. The third-order valence-electron chi connectivity index (χ3n) is 8.40. The topological polar surface area (TPSA) is 256 Å². The van der Waals surface area contributed by atoms with Crippen molar-refractivity contribution in [1.82, 2.24) is 36.8 Å². The monoisotopic (exact) mass is 703 g/mol. The summed E-state index contributed by atoms with van der Waals surface area (Å²) in [7, 11) is 0. The van der Waals surface area contributed by atoms with Gasteiger partial charge in [0.1, 0.15) is 36.0 Å². The highest BCUT2D eigenvalue weighted by Gasteiger charge is 2.44.